The second-order valence-electron chi connectivity index (χ2n) is 5.82. The molecule has 0 atom stereocenters. The molecular weight excluding hydrogens is 330 g/mol. The number of nitriles is 1. The summed E-state index contributed by atoms with van der Waals surface area (Å²) in [7, 11) is 0. The SMILES string of the molecule is Cc1ccc(N(CCC#N)C(=O)/C=C/c2ccccc2[N+](=O)[O-])cc1C. The molecule has 0 aliphatic carbocycles. The number of carbonyl (C=O) groups is 1. The lowest BCUT2D eigenvalue weighted by Gasteiger charge is -2.21. The maximum Gasteiger partial charge on any atom is 0.276 e. The Morgan fingerprint density at radius 3 is 2.62 bits per heavy atom. The molecule has 6 nitrogen and oxygen atoms in total. The number of nitro benzene ring substituents is 1. The monoisotopic (exact) mass is 349 g/mol. The molecule has 6 heteroatoms. The van der Waals surface area contributed by atoms with Crippen LogP contribution in [0.1, 0.15) is 23.1 Å². The summed E-state index contributed by atoms with van der Waals surface area (Å²) in [5.41, 5.74) is 3.13. The Kier molecular flexibility index (Phi) is 6.23. The summed E-state index contributed by atoms with van der Waals surface area (Å²) >= 11 is 0. The van der Waals surface area contributed by atoms with Gasteiger partial charge in [0.2, 0.25) is 0 Å². The van der Waals surface area contributed by atoms with Crippen molar-refractivity contribution < 1.29 is 9.72 Å². The smallest absolute Gasteiger partial charge is 0.276 e. The van der Waals surface area contributed by atoms with Crippen LogP contribution in [0, 0.1) is 35.3 Å². The molecule has 0 fully saturated rings. The molecule has 0 aromatic heterocycles. The second-order valence-corrected chi connectivity index (χ2v) is 5.82. The number of nitro groups is 1. The number of amides is 1. The molecule has 2 aromatic carbocycles. The summed E-state index contributed by atoms with van der Waals surface area (Å²) < 4.78 is 0. The number of carbonyl (C=O) groups excluding carboxylic acids is 1. The highest BCUT2D eigenvalue weighted by molar-refractivity contribution is 6.04. The van der Waals surface area contributed by atoms with E-state index in [1.165, 1.54) is 23.1 Å². The van der Waals surface area contributed by atoms with Gasteiger partial charge in [-0.05, 0) is 49.2 Å². The molecular formula is C20H19N3O3. The Labute approximate surface area is 152 Å². The minimum absolute atomic E-state index is 0.0636. The third-order valence-electron chi connectivity index (χ3n) is 4.05. The average molecular weight is 349 g/mol. The summed E-state index contributed by atoms with van der Waals surface area (Å²) in [5.74, 6) is -0.332. The van der Waals surface area contributed by atoms with Crippen LogP contribution in [0.5, 0.6) is 0 Å². The van der Waals surface area contributed by atoms with Gasteiger partial charge >= 0.3 is 0 Å². The largest absolute Gasteiger partial charge is 0.308 e. The standard InChI is InChI=1S/C20H19N3O3/c1-15-8-10-18(14-16(15)2)22(13-5-12-21)20(24)11-9-17-6-3-4-7-19(17)23(25)26/h3-4,6-11,14H,5,13H2,1-2H3/b11-9+. The van der Waals surface area contributed by atoms with Gasteiger partial charge in [0, 0.05) is 24.4 Å². The minimum Gasteiger partial charge on any atom is -0.308 e. The Morgan fingerprint density at radius 1 is 1.23 bits per heavy atom. The van der Waals surface area contributed by atoms with Crippen molar-refractivity contribution in [1.29, 1.82) is 5.26 Å². The van der Waals surface area contributed by atoms with Crippen molar-refractivity contribution in [3.8, 4) is 6.07 Å². The minimum atomic E-state index is -0.485. The number of hydrogen-bond acceptors (Lipinski definition) is 4. The van der Waals surface area contributed by atoms with Gasteiger partial charge in [-0.1, -0.05) is 18.2 Å². The molecule has 26 heavy (non-hydrogen) atoms. The number of hydrogen-bond donors (Lipinski definition) is 0. The van der Waals surface area contributed by atoms with Crippen LogP contribution in [0.3, 0.4) is 0 Å². The maximum absolute atomic E-state index is 12.7. The van der Waals surface area contributed by atoms with Crippen LogP contribution >= 0.6 is 0 Å². The van der Waals surface area contributed by atoms with E-state index in [-0.39, 0.29) is 24.6 Å². The van der Waals surface area contributed by atoms with Gasteiger partial charge in [-0.3, -0.25) is 14.9 Å². The third-order valence-corrected chi connectivity index (χ3v) is 4.05. The predicted molar refractivity (Wildman–Crippen MR) is 101 cm³/mol. The third kappa shape index (κ3) is 4.54. The van der Waals surface area contributed by atoms with Crippen molar-refractivity contribution in [3.05, 3.63) is 75.3 Å². The van der Waals surface area contributed by atoms with Crippen molar-refractivity contribution in [2.75, 3.05) is 11.4 Å². The number of anilines is 1. The molecule has 0 saturated heterocycles. The van der Waals surface area contributed by atoms with Crippen LogP contribution in [0.25, 0.3) is 6.08 Å². The quantitative estimate of drug-likeness (QED) is 0.445. The fourth-order valence-electron chi connectivity index (χ4n) is 2.47. The zero-order valence-corrected chi connectivity index (χ0v) is 14.7. The fraction of sp³-hybridized carbons (Fsp3) is 0.200. The summed E-state index contributed by atoms with van der Waals surface area (Å²) in [6.07, 6.45) is 2.92. The van der Waals surface area contributed by atoms with Gasteiger partial charge in [-0.15, -0.1) is 0 Å². The highest BCUT2D eigenvalue weighted by Crippen LogP contribution is 2.22. The van der Waals surface area contributed by atoms with Crippen LogP contribution in [0.2, 0.25) is 0 Å². The van der Waals surface area contributed by atoms with E-state index in [1.54, 1.807) is 18.2 Å². The lowest BCUT2D eigenvalue weighted by Crippen LogP contribution is -2.30. The highest BCUT2D eigenvalue weighted by atomic mass is 16.6. The Balaban J connectivity index is 2.31. The molecule has 0 bridgehead atoms. The zero-order chi connectivity index (χ0) is 19.1. The van der Waals surface area contributed by atoms with Crippen LogP contribution in [0.15, 0.2) is 48.5 Å². The van der Waals surface area contributed by atoms with Crippen molar-refractivity contribution in [1.82, 2.24) is 0 Å². The van der Waals surface area contributed by atoms with Gasteiger partial charge in [-0.25, -0.2) is 0 Å². The lowest BCUT2D eigenvalue weighted by molar-refractivity contribution is -0.385. The second kappa shape index (κ2) is 8.58. The molecule has 0 aliphatic heterocycles. The molecule has 2 rings (SSSR count). The normalized spacial score (nSPS) is 10.5. The fourth-order valence-corrected chi connectivity index (χ4v) is 2.47. The molecule has 0 saturated carbocycles. The number of rotatable bonds is 6. The Hall–Kier alpha value is -3.46. The van der Waals surface area contributed by atoms with E-state index in [0.717, 1.165) is 11.1 Å². The van der Waals surface area contributed by atoms with Gasteiger partial charge in [0.1, 0.15) is 0 Å². The van der Waals surface area contributed by atoms with Crippen molar-refractivity contribution >= 4 is 23.4 Å². The van der Waals surface area contributed by atoms with Crippen molar-refractivity contribution in [2.45, 2.75) is 20.3 Å². The molecule has 0 radical (unpaired) electrons. The first-order valence-corrected chi connectivity index (χ1v) is 8.11. The average Bonchev–Trinajstić information content (AvgIpc) is 2.63. The van der Waals surface area contributed by atoms with Crippen LogP contribution < -0.4 is 4.90 Å². The summed E-state index contributed by atoms with van der Waals surface area (Å²) in [4.78, 5) is 24.7. The van der Waals surface area contributed by atoms with Crippen molar-refractivity contribution in [3.63, 3.8) is 0 Å². The number of benzene rings is 2. The molecule has 1 amide bonds. The van der Waals surface area contributed by atoms with Gasteiger partial charge in [0.05, 0.1) is 23.0 Å². The van der Waals surface area contributed by atoms with E-state index in [2.05, 4.69) is 0 Å². The van der Waals surface area contributed by atoms with E-state index >= 15 is 0 Å². The van der Waals surface area contributed by atoms with E-state index in [9.17, 15) is 14.9 Å². The van der Waals surface area contributed by atoms with E-state index < -0.39 is 4.92 Å². The molecule has 0 N–H and O–H groups in total. The van der Waals surface area contributed by atoms with E-state index in [0.29, 0.717) is 11.3 Å². The van der Waals surface area contributed by atoms with Gasteiger partial charge in [0.15, 0.2) is 0 Å². The number of nitrogens with zero attached hydrogens (tertiary/aromatic N) is 3. The van der Waals surface area contributed by atoms with E-state index in [1.807, 2.05) is 38.1 Å². The van der Waals surface area contributed by atoms with Gasteiger partial charge in [-0.2, -0.15) is 5.26 Å². The molecule has 0 unspecified atom stereocenters. The van der Waals surface area contributed by atoms with Crippen LogP contribution in [-0.2, 0) is 4.79 Å². The molecule has 0 aliphatic rings. The zero-order valence-electron chi connectivity index (χ0n) is 14.7. The van der Waals surface area contributed by atoms with Crippen molar-refractivity contribution in [2.24, 2.45) is 0 Å². The predicted octanol–water partition coefficient (Wildman–Crippen LogP) is 4.17. The number of para-hydroxylation sites is 1. The first-order valence-electron chi connectivity index (χ1n) is 8.11. The van der Waals surface area contributed by atoms with Gasteiger partial charge < -0.3 is 4.90 Å². The first-order chi connectivity index (χ1) is 12.4. The summed E-state index contributed by atoms with van der Waals surface area (Å²) in [5, 5.41) is 19.9. The first kappa shape index (κ1) is 18.9. The molecule has 0 spiro atoms. The molecule has 132 valence electrons. The summed E-state index contributed by atoms with van der Waals surface area (Å²) in [6, 6.07) is 13.9. The van der Waals surface area contributed by atoms with E-state index in [4.69, 9.17) is 5.26 Å². The number of aryl methyl sites for hydroxylation is 2. The summed E-state index contributed by atoms with van der Waals surface area (Å²) in [6.45, 7) is 4.18. The Morgan fingerprint density at radius 2 is 1.96 bits per heavy atom. The van der Waals surface area contributed by atoms with Crippen LogP contribution in [0.4, 0.5) is 11.4 Å². The maximum atomic E-state index is 12.7. The Bertz CT molecular complexity index is 897. The van der Waals surface area contributed by atoms with Crippen LogP contribution in [-0.4, -0.2) is 17.4 Å². The molecule has 0 heterocycles. The van der Waals surface area contributed by atoms with Gasteiger partial charge in [0.25, 0.3) is 11.6 Å². The topological polar surface area (TPSA) is 87.2 Å². The highest BCUT2D eigenvalue weighted by Gasteiger charge is 2.15. The lowest BCUT2D eigenvalue weighted by atomic mass is 10.1. The molecule has 2 aromatic rings.